The van der Waals surface area contributed by atoms with Gasteiger partial charge in [-0.05, 0) is 77.0 Å². The topological polar surface area (TPSA) is 108 Å². The van der Waals surface area contributed by atoms with Crippen LogP contribution < -0.4 is 10.2 Å². The highest BCUT2D eigenvalue weighted by atomic mass is 31.2. The Bertz CT molecular complexity index is 1490. The van der Waals surface area contributed by atoms with Crippen LogP contribution in [0.1, 0.15) is 335 Å². The van der Waals surface area contributed by atoms with E-state index in [0.717, 1.165) is 51.4 Å². The van der Waals surface area contributed by atoms with Gasteiger partial charge in [-0.1, -0.05) is 312 Å². The molecule has 1 amide bonds. The van der Waals surface area contributed by atoms with Gasteiger partial charge in [0.1, 0.15) is 13.2 Å². The number of hydrogen-bond acceptors (Lipinski definition) is 6. The van der Waals surface area contributed by atoms with Crippen LogP contribution >= 0.6 is 7.82 Å². The highest BCUT2D eigenvalue weighted by Crippen LogP contribution is 2.38. The Morgan fingerprint density at radius 2 is 0.738 bits per heavy atom. The number of phosphoric acid groups is 1. The van der Waals surface area contributed by atoms with E-state index in [9.17, 15) is 19.4 Å². The molecule has 8 nitrogen and oxygen atoms in total. The van der Waals surface area contributed by atoms with Crippen molar-refractivity contribution in [2.24, 2.45) is 0 Å². The van der Waals surface area contributed by atoms with Crippen molar-refractivity contribution >= 4 is 13.7 Å². The lowest BCUT2D eigenvalue weighted by molar-refractivity contribution is -0.870. The number of amides is 1. The number of nitrogens with zero attached hydrogens (tertiary/aromatic N) is 1. The van der Waals surface area contributed by atoms with Gasteiger partial charge in [0, 0.05) is 6.42 Å². The van der Waals surface area contributed by atoms with E-state index in [0.29, 0.717) is 17.4 Å². The quantitative estimate of drug-likeness (QED) is 0.0272. The molecule has 3 unspecified atom stereocenters. The van der Waals surface area contributed by atoms with Gasteiger partial charge in [-0.25, -0.2) is 0 Å². The second-order valence-electron chi connectivity index (χ2n) is 24.9. The van der Waals surface area contributed by atoms with E-state index in [4.69, 9.17) is 9.05 Å². The van der Waals surface area contributed by atoms with E-state index in [2.05, 4.69) is 67.8 Å². The number of nitrogens with one attached hydrogen (secondary N) is 1. The van der Waals surface area contributed by atoms with Gasteiger partial charge in [-0.2, -0.15) is 0 Å². The first kappa shape index (κ1) is 78.2. The Kier molecular flexibility index (Phi) is 60.4. The number of unbranched alkanes of at least 4 members (excludes halogenated alkanes) is 43. The van der Waals surface area contributed by atoms with Crippen molar-refractivity contribution in [3.63, 3.8) is 0 Å². The Morgan fingerprint density at radius 3 is 1.09 bits per heavy atom. The summed E-state index contributed by atoms with van der Waals surface area (Å²) in [5.74, 6) is -0.208. The molecule has 0 radical (unpaired) electrons. The van der Waals surface area contributed by atoms with E-state index >= 15 is 0 Å². The molecule has 9 heteroatoms. The second kappa shape index (κ2) is 61.8. The van der Waals surface area contributed by atoms with E-state index < -0.39 is 26.6 Å². The lowest BCUT2D eigenvalue weighted by atomic mass is 10.0. The first-order valence-electron chi connectivity index (χ1n) is 34.7. The summed E-state index contributed by atoms with van der Waals surface area (Å²) in [5, 5.41) is 13.9. The molecule has 0 aliphatic carbocycles. The maximum atomic E-state index is 13.0. The van der Waals surface area contributed by atoms with E-state index in [1.54, 1.807) is 6.08 Å². The molecule has 0 saturated carbocycles. The number of aliphatic hydroxyl groups is 1. The molecule has 80 heavy (non-hydrogen) atoms. The third-order valence-electron chi connectivity index (χ3n) is 15.7. The fraction of sp³-hybridized carbons (Fsp3) is 0.845. The van der Waals surface area contributed by atoms with Gasteiger partial charge in [0.2, 0.25) is 5.91 Å². The fourth-order valence-electron chi connectivity index (χ4n) is 10.3. The predicted octanol–water partition coefficient (Wildman–Crippen LogP) is 21.4. The molecule has 470 valence electrons. The van der Waals surface area contributed by atoms with Crippen molar-refractivity contribution in [1.29, 1.82) is 0 Å². The SMILES string of the molecule is CCCCCCCCCCCCC/C=C/CC/C=C/CC/C=C/C(O)C(COP(=O)([O-])OCC[N+](C)(C)C)NC(=O)CCCCCCCCCCCCCCCCCCC/C=C\C/C=C\CCCCCCCCCCCCCCC. The summed E-state index contributed by atoms with van der Waals surface area (Å²) in [5.41, 5.74) is 0. The maximum Gasteiger partial charge on any atom is 0.268 e. The largest absolute Gasteiger partial charge is 0.756 e. The molecule has 0 fully saturated rings. The van der Waals surface area contributed by atoms with Gasteiger partial charge >= 0.3 is 0 Å². The lowest BCUT2D eigenvalue weighted by Gasteiger charge is -2.29. The highest BCUT2D eigenvalue weighted by Gasteiger charge is 2.23. The maximum absolute atomic E-state index is 13.0. The monoisotopic (exact) mass is 1140 g/mol. The van der Waals surface area contributed by atoms with Crippen LogP contribution in [-0.2, 0) is 18.4 Å². The van der Waals surface area contributed by atoms with Crippen LogP contribution in [0.3, 0.4) is 0 Å². The van der Waals surface area contributed by atoms with Crippen molar-refractivity contribution in [2.75, 3.05) is 40.9 Å². The van der Waals surface area contributed by atoms with Gasteiger partial charge in [-0.3, -0.25) is 9.36 Å². The third kappa shape index (κ3) is 63.8. The van der Waals surface area contributed by atoms with Crippen LogP contribution in [0.4, 0.5) is 0 Å². The summed E-state index contributed by atoms with van der Waals surface area (Å²) < 4.78 is 23.4. The Labute approximate surface area is 498 Å². The van der Waals surface area contributed by atoms with Gasteiger partial charge in [-0.15, -0.1) is 0 Å². The lowest BCUT2D eigenvalue weighted by Crippen LogP contribution is -2.45. The number of hydrogen-bond donors (Lipinski definition) is 2. The average molecular weight is 1140 g/mol. The van der Waals surface area contributed by atoms with Crippen molar-refractivity contribution in [3.05, 3.63) is 60.8 Å². The number of quaternary nitrogens is 1. The van der Waals surface area contributed by atoms with Crippen molar-refractivity contribution < 1.29 is 32.9 Å². The first-order chi connectivity index (χ1) is 39.0. The normalized spacial score (nSPS) is 14.0. The number of phosphoric ester groups is 1. The average Bonchev–Trinajstić information content (AvgIpc) is 3.42. The van der Waals surface area contributed by atoms with Crippen LogP contribution in [0.5, 0.6) is 0 Å². The molecule has 0 aliphatic heterocycles. The standard InChI is InChI=1S/C71H135N2O6P/c1-6-8-10-12-14-16-18-20-22-24-26-28-29-30-31-32-33-34-35-36-37-38-39-40-41-42-43-45-47-49-51-53-55-57-59-61-63-65-71(75)72-69(68-79-80(76,77)78-67-66-73(3,4)5)70(74)64-62-60-58-56-54-52-50-48-46-44-27-25-23-21-19-17-15-13-11-9-7-2/h31-32,34-35,46,48,54,56,62,64,69-70,74H,6-30,33,36-45,47,49-53,55,57-61,63,65-68H2,1-5H3,(H-,72,75,76,77)/b32-31-,35-34-,48-46+,56-54+,64-62+. The summed E-state index contributed by atoms with van der Waals surface area (Å²) in [6, 6.07) is -0.912. The van der Waals surface area contributed by atoms with E-state index in [-0.39, 0.29) is 12.5 Å². The fourth-order valence-corrected chi connectivity index (χ4v) is 11.0. The molecule has 0 saturated heterocycles. The minimum atomic E-state index is -4.61. The smallest absolute Gasteiger partial charge is 0.268 e. The molecular weight excluding hydrogens is 1010 g/mol. The van der Waals surface area contributed by atoms with Crippen molar-refractivity contribution in [1.82, 2.24) is 5.32 Å². The zero-order valence-electron chi connectivity index (χ0n) is 53.8. The number of likely N-dealkylation sites (N-methyl/N-ethyl adjacent to an activating group) is 1. The van der Waals surface area contributed by atoms with E-state index in [1.807, 2.05) is 27.2 Å². The highest BCUT2D eigenvalue weighted by molar-refractivity contribution is 7.45. The Morgan fingerprint density at radius 1 is 0.438 bits per heavy atom. The van der Waals surface area contributed by atoms with Crippen molar-refractivity contribution in [2.45, 2.75) is 347 Å². The van der Waals surface area contributed by atoms with Crippen LogP contribution in [0.25, 0.3) is 0 Å². The molecule has 0 spiro atoms. The summed E-state index contributed by atoms with van der Waals surface area (Å²) in [6.45, 7) is 4.66. The number of allylic oxidation sites excluding steroid dienone is 9. The van der Waals surface area contributed by atoms with Crippen LogP contribution in [0, 0.1) is 0 Å². The Hall–Kier alpha value is -1.80. The molecule has 0 heterocycles. The van der Waals surface area contributed by atoms with E-state index in [1.165, 1.54) is 263 Å². The van der Waals surface area contributed by atoms with Crippen LogP contribution in [0.2, 0.25) is 0 Å². The summed E-state index contributed by atoms with van der Waals surface area (Å²) >= 11 is 0. The molecule has 3 atom stereocenters. The van der Waals surface area contributed by atoms with Crippen LogP contribution in [-0.4, -0.2) is 68.5 Å². The zero-order valence-corrected chi connectivity index (χ0v) is 54.7. The molecule has 0 aromatic heterocycles. The molecule has 2 N–H and O–H groups in total. The summed E-state index contributed by atoms with van der Waals surface area (Å²) in [6.07, 6.45) is 85.0. The Balaban J connectivity index is 4.04. The van der Waals surface area contributed by atoms with Crippen molar-refractivity contribution in [3.8, 4) is 0 Å². The number of carbonyl (C=O) groups is 1. The van der Waals surface area contributed by atoms with Gasteiger partial charge in [0.15, 0.2) is 0 Å². The molecular formula is C71H135N2O6P. The number of aliphatic hydroxyl groups excluding tert-OH is 1. The minimum absolute atomic E-state index is 0.00941. The molecule has 0 rings (SSSR count). The zero-order chi connectivity index (χ0) is 58.4. The molecule has 0 aromatic carbocycles. The van der Waals surface area contributed by atoms with Gasteiger partial charge in [0.25, 0.3) is 7.82 Å². The molecule has 0 bridgehead atoms. The van der Waals surface area contributed by atoms with Gasteiger partial charge in [0.05, 0.1) is 39.9 Å². The summed E-state index contributed by atoms with van der Waals surface area (Å²) in [7, 11) is 1.24. The summed E-state index contributed by atoms with van der Waals surface area (Å²) in [4.78, 5) is 25.6. The van der Waals surface area contributed by atoms with Gasteiger partial charge < -0.3 is 28.8 Å². The third-order valence-corrected chi connectivity index (χ3v) is 16.6. The van der Waals surface area contributed by atoms with Crippen LogP contribution in [0.15, 0.2) is 60.8 Å². The number of carbonyl (C=O) groups excluding carboxylic acids is 1. The molecule has 0 aliphatic rings. The minimum Gasteiger partial charge on any atom is -0.756 e. The second-order valence-corrected chi connectivity index (χ2v) is 26.3. The number of rotatable bonds is 64. The first-order valence-corrected chi connectivity index (χ1v) is 36.1. The molecule has 0 aromatic rings. The predicted molar refractivity (Wildman–Crippen MR) is 348 cm³/mol.